The van der Waals surface area contributed by atoms with E-state index in [1.54, 1.807) is 17.7 Å². The maximum absolute atomic E-state index is 10.4. The molecule has 0 aliphatic carbocycles. The Bertz CT molecular complexity index is 578. The lowest BCUT2D eigenvalue weighted by atomic mass is 9.94. The minimum atomic E-state index is -0.693. The highest BCUT2D eigenvalue weighted by Crippen LogP contribution is 2.29. The monoisotopic (exact) mass is 279 g/mol. The van der Waals surface area contributed by atoms with Crippen molar-refractivity contribution in [2.24, 2.45) is 0 Å². The van der Waals surface area contributed by atoms with E-state index in [2.05, 4.69) is 20.7 Å². The molecule has 3 rings (SSSR count). The highest BCUT2D eigenvalue weighted by Gasteiger charge is 2.29. The van der Waals surface area contributed by atoms with Gasteiger partial charge in [0.2, 0.25) is 0 Å². The second-order valence-corrected chi connectivity index (χ2v) is 5.89. The summed E-state index contributed by atoms with van der Waals surface area (Å²) in [6, 6.07) is 0. The SMILES string of the molecule is Cc1csc2c(NCC3(O)CCOCC3)ncnc12. The molecule has 1 saturated heterocycles. The molecule has 1 aliphatic rings. The van der Waals surface area contributed by atoms with Crippen molar-refractivity contribution in [3.63, 3.8) is 0 Å². The Morgan fingerprint density at radius 3 is 3.00 bits per heavy atom. The van der Waals surface area contributed by atoms with Crippen molar-refractivity contribution in [1.29, 1.82) is 0 Å². The highest BCUT2D eigenvalue weighted by atomic mass is 32.1. The summed E-state index contributed by atoms with van der Waals surface area (Å²) in [5, 5.41) is 15.8. The van der Waals surface area contributed by atoms with E-state index in [1.807, 2.05) is 6.92 Å². The number of fused-ring (bicyclic) bond motifs is 1. The summed E-state index contributed by atoms with van der Waals surface area (Å²) in [6.07, 6.45) is 2.90. The summed E-state index contributed by atoms with van der Waals surface area (Å²) < 4.78 is 6.33. The molecule has 6 heteroatoms. The number of hydrogen-bond donors (Lipinski definition) is 2. The quantitative estimate of drug-likeness (QED) is 0.899. The number of thiophene rings is 1. The number of anilines is 1. The number of nitrogens with zero attached hydrogens (tertiary/aromatic N) is 2. The number of nitrogens with one attached hydrogen (secondary N) is 1. The standard InChI is InChI=1S/C13H17N3O2S/c1-9-6-19-11-10(9)15-8-16-12(11)14-7-13(17)2-4-18-5-3-13/h6,8,17H,2-5,7H2,1H3,(H,14,15,16). The zero-order chi connectivity index (χ0) is 13.3. The molecule has 0 amide bonds. The van der Waals surface area contributed by atoms with Gasteiger partial charge in [0.15, 0.2) is 0 Å². The first-order valence-electron chi connectivity index (χ1n) is 6.41. The van der Waals surface area contributed by atoms with Gasteiger partial charge in [-0.3, -0.25) is 0 Å². The number of ether oxygens (including phenoxy) is 1. The van der Waals surface area contributed by atoms with E-state index in [1.165, 1.54) is 0 Å². The molecular formula is C13H17N3O2S. The molecule has 1 fully saturated rings. The molecular weight excluding hydrogens is 262 g/mol. The van der Waals surface area contributed by atoms with Crippen LogP contribution in [-0.2, 0) is 4.74 Å². The summed E-state index contributed by atoms with van der Waals surface area (Å²) in [5.74, 6) is 0.808. The van der Waals surface area contributed by atoms with Gasteiger partial charge in [0.1, 0.15) is 12.1 Å². The van der Waals surface area contributed by atoms with Crippen LogP contribution in [0.1, 0.15) is 18.4 Å². The number of aliphatic hydroxyl groups is 1. The van der Waals surface area contributed by atoms with Crippen LogP contribution in [0.4, 0.5) is 5.82 Å². The molecule has 2 N–H and O–H groups in total. The maximum Gasteiger partial charge on any atom is 0.147 e. The summed E-state index contributed by atoms with van der Waals surface area (Å²) >= 11 is 1.63. The van der Waals surface area contributed by atoms with E-state index in [4.69, 9.17) is 4.74 Å². The highest BCUT2D eigenvalue weighted by molar-refractivity contribution is 7.18. The van der Waals surface area contributed by atoms with Crippen LogP contribution in [0, 0.1) is 6.92 Å². The molecule has 1 aliphatic heterocycles. The average molecular weight is 279 g/mol. The molecule has 0 aromatic carbocycles. The van der Waals surface area contributed by atoms with Crippen LogP contribution >= 0.6 is 11.3 Å². The Labute approximate surface area is 115 Å². The Morgan fingerprint density at radius 1 is 1.42 bits per heavy atom. The normalized spacial score (nSPS) is 18.6. The minimum absolute atomic E-state index is 0.499. The van der Waals surface area contributed by atoms with Gasteiger partial charge in [-0.1, -0.05) is 0 Å². The van der Waals surface area contributed by atoms with Crippen molar-refractivity contribution >= 4 is 27.4 Å². The second-order valence-electron chi connectivity index (χ2n) is 5.01. The zero-order valence-corrected chi connectivity index (χ0v) is 11.7. The van der Waals surface area contributed by atoms with Crippen molar-refractivity contribution in [3.05, 3.63) is 17.3 Å². The molecule has 0 unspecified atom stereocenters. The lowest BCUT2D eigenvalue weighted by Gasteiger charge is -2.32. The lowest BCUT2D eigenvalue weighted by molar-refractivity contribution is -0.0543. The Kier molecular flexibility index (Phi) is 3.38. The lowest BCUT2D eigenvalue weighted by Crippen LogP contribution is -2.42. The van der Waals surface area contributed by atoms with Crippen molar-refractivity contribution in [1.82, 2.24) is 9.97 Å². The molecule has 19 heavy (non-hydrogen) atoms. The number of aryl methyl sites for hydroxylation is 1. The van der Waals surface area contributed by atoms with Gasteiger partial charge in [0, 0.05) is 32.6 Å². The van der Waals surface area contributed by atoms with E-state index in [0.29, 0.717) is 32.6 Å². The van der Waals surface area contributed by atoms with Gasteiger partial charge in [-0.25, -0.2) is 9.97 Å². The molecule has 3 heterocycles. The summed E-state index contributed by atoms with van der Waals surface area (Å²) in [7, 11) is 0. The van der Waals surface area contributed by atoms with Crippen LogP contribution in [0.3, 0.4) is 0 Å². The molecule has 2 aromatic rings. The molecule has 0 spiro atoms. The largest absolute Gasteiger partial charge is 0.388 e. The summed E-state index contributed by atoms with van der Waals surface area (Å²) in [6.45, 7) is 3.78. The van der Waals surface area contributed by atoms with Crippen molar-refractivity contribution in [2.45, 2.75) is 25.4 Å². The van der Waals surface area contributed by atoms with Gasteiger partial charge in [0.05, 0.1) is 15.8 Å². The molecule has 2 aromatic heterocycles. The van der Waals surface area contributed by atoms with Crippen molar-refractivity contribution < 1.29 is 9.84 Å². The molecule has 0 bridgehead atoms. The van der Waals surface area contributed by atoms with Crippen LogP contribution in [0.15, 0.2) is 11.7 Å². The molecule has 102 valence electrons. The van der Waals surface area contributed by atoms with Gasteiger partial charge in [0.25, 0.3) is 0 Å². The van der Waals surface area contributed by atoms with Crippen molar-refractivity contribution in [3.8, 4) is 0 Å². The summed E-state index contributed by atoms with van der Waals surface area (Å²) in [5.41, 5.74) is 1.46. The molecule has 5 nitrogen and oxygen atoms in total. The van der Waals surface area contributed by atoms with Crippen LogP contribution in [0.25, 0.3) is 10.2 Å². The fourth-order valence-corrected chi connectivity index (χ4v) is 3.24. The van der Waals surface area contributed by atoms with Crippen LogP contribution in [-0.4, -0.2) is 40.4 Å². The van der Waals surface area contributed by atoms with Crippen LogP contribution in [0.5, 0.6) is 0 Å². The van der Waals surface area contributed by atoms with Crippen LogP contribution < -0.4 is 5.32 Å². The van der Waals surface area contributed by atoms with E-state index in [0.717, 1.165) is 21.6 Å². The molecule has 0 saturated carbocycles. The fraction of sp³-hybridized carbons (Fsp3) is 0.538. The number of hydrogen-bond acceptors (Lipinski definition) is 6. The predicted octanol–water partition coefficient (Wildman–Crippen LogP) is 1.95. The van der Waals surface area contributed by atoms with Gasteiger partial charge in [-0.05, 0) is 17.9 Å². The second kappa shape index (κ2) is 5.03. The van der Waals surface area contributed by atoms with E-state index in [-0.39, 0.29) is 0 Å². The summed E-state index contributed by atoms with van der Waals surface area (Å²) in [4.78, 5) is 8.57. The topological polar surface area (TPSA) is 67.3 Å². The third kappa shape index (κ3) is 2.56. The fourth-order valence-electron chi connectivity index (χ4n) is 2.27. The van der Waals surface area contributed by atoms with E-state index in [9.17, 15) is 5.11 Å². The van der Waals surface area contributed by atoms with Gasteiger partial charge >= 0.3 is 0 Å². The first-order valence-corrected chi connectivity index (χ1v) is 7.29. The third-order valence-corrected chi connectivity index (χ3v) is 4.63. The first kappa shape index (κ1) is 12.8. The Balaban J connectivity index is 1.78. The van der Waals surface area contributed by atoms with Crippen LogP contribution in [0.2, 0.25) is 0 Å². The van der Waals surface area contributed by atoms with Gasteiger partial charge in [-0.15, -0.1) is 11.3 Å². The zero-order valence-electron chi connectivity index (χ0n) is 10.8. The van der Waals surface area contributed by atoms with Crippen molar-refractivity contribution in [2.75, 3.05) is 25.1 Å². The molecule has 0 radical (unpaired) electrons. The number of rotatable bonds is 3. The minimum Gasteiger partial charge on any atom is -0.388 e. The van der Waals surface area contributed by atoms with E-state index >= 15 is 0 Å². The average Bonchev–Trinajstić information content (AvgIpc) is 2.80. The van der Waals surface area contributed by atoms with E-state index < -0.39 is 5.60 Å². The predicted molar refractivity (Wildman–Crippen MR) is 75.6 cm³/mol. The van der Waals surface area contributed by atoms with Gasteiger partial charge in [-0.2, -0.15) is 0 Å². The maximum atomic E-state index is 10.4. The third-order valence-electron chi connectivity index (χ3n) is 3.54. The molecule has 0 atom stereocenters. The smallest absolute Gasteiger partial charge is 0.147 e. The van der Waals surface area contributed by atoms with Gasteiger partial charge < -0.3 is 15.2 Å². The Morgan fingerprint density at radius 2 is 2.21 bits per heavy atom. The first-order chi connectivity index (χ1) is 9.18. The Hall–Kier alpha value is -1.24. The number of aromatic nitrogens is 2.